The number of fused-ring (bicyclic) bond motifs is 1. The van der Waals surface area contributed by atoms with E-state index < -0.39 is 27.1 Å². The molecule has 2 atom stereocenters. The second kappa shape index (κ2) is 7.60. The number of aryl methyl sites for hydroxylation is 1. The van der Waals surface area contributed by atoms with Gasteiger partial charge in [-0.05, 0) is 57.2 Å². The summed E-state index contributed by atoms with van der Waals surface area (Å²) >= 11 is 0. The highest BCUT2D eigenvalue weighted by atomic mass is 32.2. The highest BCUT2D eigenvalue weighted by molar-refractivity contribution is 7.91. The van der Waals surface area contributed by atoms with Gasteiger partial charge in [0, 0.05) is 24.7 Å². The Kier molecular flexibility index (Phi) is 5.25. The summed E-state index contributed by atoms with van der Waals surface area (Å²) in [7, 11) is -2.52. The van der Waals surface area contributed by atoms with Gasteiger partial charge in [-0.15, -0.1) is 5.10 Å². The quantitative estimate of drug-likeness (QED) is 0.592. The van der Waals surface area contributed by atoms with Crippen molar-refractivity contribution in [3.05, 3.63) is 70.5 Å². The average molecular weight is 473 g/mol. The number of hydrogen-bond acceptors (Lipinski definition) is 8. The zero-order chi connectivity index (χ0) is 24.2. The van der Waals surface area contributed by atoms with E-state index in [1.807, 2.05) is 0 Å². The van der Waals surface area contributed by atoms with Crippen LogP contribution in [-0.4, -0.2) is 39.6 Å². The summed E-state index contributed by atoms with van der Waals surface area (Å²) < 4.78 is 39.5. The fraction of sp³-hybridized carbons (Fsp3) is 0.304. The van der Waals surface area contributed by atoms with Crippen molar-refractivity contribution in [3.8, 4) is 17.4 Å². The molecule has 4 rings (SSSR count). The number of aliphatic hydroxyl groups is 1. The molecule has 2 aromatic carbocycles. The standard InChI is InChI=1S/C23H24N2O7S/c1-22(2)23(3,28)21(31-19-10-11-20(27)25(4)24-19)17-13-16(8-9-18(17)32-22)33(29,30)15-7-5-6-14(26)12-15/h5-13,21,26,28H,1-4H3. The van der Waals surface area contributed by atoms with Crippen LogP contribution in [0.5, 0.6) is 17.4 Å². The third-order valence-corrected chi connectivity index (χ3v) is 7.72. The first-order valence-corrected chi connectivity index (χ1v) is 11.6. The maximum Gasteiger partial charge on any atom is 0.266 e. The highest BCUT2D eigenvalue weighted by Gasteiger charge is 2.54. The fourth-order valence-electron chi connectivity index (χ4n) is 3.62. The van der Waals surface area contributed by atoms with Crippen LogP contribution in [0.15, 0.2) is 69.2 Å². The normalized spacial score (nSPS) is 21.7. The number of sulfone groups is 1. The van der Waals surface area contributed by atoms with Gasteiger partial charge in [-0.25, -0.2) is 13.1 Å². The minimum absolute atomic E-state index is 0.0621. The molecule has 1 aliphatic heterocycles. The topological polar surface area (TPSA) is 128 Å². The van der Waals surface area contributed by atoms with Gasteiger partial charge >= 0.3 is 0 Å². The van der Waals surface area contributed by atoms with Gasteiger partial charge in [0.1, 0.15) is 22.7 Å². The zero-order valence-electron chi connectivity index (χ0n) is 18.5. The van der Waals surface area contributed by atoms with Gasteiger partial charge in [-0.1, -0.05) is 6.07 Å². The van der Waals surface area contributed by atoms with Crippen LogP contribution in [-0.2, 0) is 16.9 Å². The van der Waals surface area contributed by atoms with E-state index >= 15 is 0 Å². The predicted molar refractivity (Wildman–Crippen MR) is 118 cm³/mol. The minimum atomic E-state index is -3.98. The lowest BCUT2D eigenvalue weighted by atomic mass is 9.77. The minimum Gasteiger partial charge on any atom is -0.508 e. The molecule has 33 heavy (non-hydrogen) atoms. The number of aromatic nitrogens is 2. The van der Waals surface area contributed by atoms with Crippen LogP contribution in [0.25, 0.3) is 0 Å². The Balaban J connectivity index is 1.86. The number of benzene rings is 2. The largest absolute Gasteiger partial charge is 0.508 e. The van der Waals surface area contributed by atoms with Crippen molar-refractivity contribution in [2.75, 3.05) is 0 Å². The van der Waals surface area contributed by atoms with Crippen molar-refractivity contribution in [3.63, 3.8) is 0 Å². The van der Waals surface area contributed by atoms with Gasteiger partial charge < -0.3 is 19.7 Å². The lowest BCUT2D eigenvalue weighted by Gasteiger charge is -2.48. The molecule has 1 aromatic heterocycles. The predicted octanol–water partition coefficient (Wildman–Crippen LogP) is 2.36. The van der Waals surface area contributed by atoms with Crippen molar-refractivity contribution >= 4 is 9.84 Å². The fourth-order valence-corrected chi connectivity index (χ4v) is 4.95. The molecular weight excluding hydrogens is 448 g/mol. The number of phenolic OH excluding ortho intramolecular Hbond substituents is 1. The van der Waals surface area contributed by atoms with E-state index in [4.69, 9.17) is 9.47 Å². The molecule has 0 bridgehead atoms. The number of ether oxygens (including phenoxy) is 2. The number of hydrogen-bond donors (Lipinski definition) is 2. The molecule has 0 saturated carbocycles. The Bertz CT molecular complexity index is 1390. The van der Waals surface area contributed by atoms with E-state index in [9.17, 15) is 23.4 Å². The van der Waals surface area contributed by atoms with Crippen molar-refractivity contribution < 1.29 is 28.1 Å². The van der Waals surface area contributed by atoms with Crippen LogP contribution in [0.3, 0.4) is 0 Å². The molecule has 0 fully saturated rings. The monoisotopic (exact) mass is 472 g/mol. The van der Waals surface area contributed by atoms with Gasteiger partial charge in [0.05, 0.1) is 9.79 Å². The summed E-state index contributed by atoms with van der Waals surface area (Å²) in [5, 5.41) is 25.2. The zero-order valence-corrected chi connectivity index (χ0v) is 19.3. The summed E-state index contributed by atoms with van der Waals surface area (Å²) in [5.41, 5.74) is -2.74. The van der Waals surface area contributed by atoms with Gasteiger partial charge in [-0.2, -0.15) is 0 Å². The Labute approximate surface area is 190 Å². The number of rotatable bonds is 4. The van der Waals surface area contributed by atoms with Gasteiger partial charge in [0.25, 0.3) is 5.56 Å². The molecule has 2 unspecified atom stereocenters. The van der Waals surface area contributed by atoms with E-state index in [1.54, 1.807) is 13.8 Å². The van der Waals surface area contributed by atoms with Crippen LogP contribution in [0.2, 0.25) is 0 Å². The smallest absolute Gasteiger partial charge is 0.266 e. The summed E-state index contributed by atoms with van der Waals surface area (Å²) in [6.45, 7) is 4.91. The van der Waals surface area contributed by atoms with Crippen molar-refractivity contribution in [1.29, 1.82) is 0 Å². The second-order valence-corrected chi connectivity index (χ2v) is 10.5. The Morgan fingerprint density at radius 3 is 2.42 bits per heavy atom. The molecule has 3 aromatic rings. The molecule has 2 heterocycles. The number of aromatic hydroxyl groups is 1. The lowest BCUT2D eigenvalue weighted by Crippen LogP contribution is -2.59. The SMILES string of the molecule is Cn1nc(OC2c3cc(S(=O)(=O)c4cccc(O)c4)ccc3OC(C)(C)C2(C)O)ccc1=O. The molecule has 10 heteroatoms. The summed E-state index contributed by atoms with van der Waals surface area (Å²) in [6.07, 6.45) is -1.07. The Hall–Kier alpha value is -3.37. The first-order chi connectivity index (χ1) is 15.3. The molecular formula is C23H24N2O7S. The summed E-state index contributed by atoms with van der Waals surface area (Å²) in [6, 6.07) is 12.3. The van der Waals surface area contributed by atoms with Crippen LogP contribution in [0, 0.1) is 0 Å². The molecule has 174 valence electrons. The number of phenols is 1. The van der Waals surface area contributed by atoms with Crippen LogP contribution < -0.4 is 15.0 Å². The van der Waals surface area contributed by atoms with E-state index in [-0.39, 0.29) is 27.0 Å². The molecule has 0 spiro atoms. The first-order valence-electron chi connectivity index (χ1n) is 10.1. The van der Waals surface area contributed by atoms with E-state index in [0.29, 0.717) is 11.3 Å². The summed E-state index contributed by atoms with van der Waals surface area (Å²) in [4.78, 5) is 11.6. The molecule has 1 aliphatic rings. The van der Waals surface area contributed by atoms with E-state index in [1.165, 1.54) is 62.5 Å². The third kappa shape index (κ3) is 3.85. The van der Waals surface area contributed by atoms with Crippen LogP contribution in [0.4, 0.5) is 0 Å². The Morgan fingerprint density at radius 2 is 1.76 bits per heavy atom. The second-order valence-electron chi connectivity index (χ2n) is 8.59. The number of nitrogens with zero attached hydrogens (tertiary/aromatic N) is 2. The van der Waals surface area contributed by atoms with Crippen molar-refractivity contribution in [1.82, 2.24) is 9.78 Å². The molecule has 2 N–H and O–H groups in total. The molecule has 0 saturated heterocycles. The maximum atomic E-state index is 13.2. The van der Waals surface area contributed by atoms with Gasteiger partial charge in [-0.3, -0.25) is 4.79 Å². The van der Waals surface area contributed by atoms with Crippen molar-refractivity contribution in [2.24, 2.45) is 7.05 Å². The lowest BCUT2D eigenvalue weighted by molar-refractivity contribution is -0.175. The molecule has 0 amide bonds. The Morgan fingerprint density at radius 1 is 1.06 bits per heavy atom. The van der Waals surface area contributed by atoms with E-state index in [0.717, 1.165) is 10.7 Å². The molecule has 0 aliphatic carbocycles. The molecule has 0 radical (unpaired) electrons. The van der Waals surface area contributed by atoms with Crippen molar-refractivity contribution in [2.45, 2.75) is 47.9 Å². The first kappa shape index (κ1) is 22.8. The average Bonchev–Trinajstić information content (AvgIpc) is 2.73. The maximum absolute atomic E-state index is 13.2. The highest BCUT2D eigenvalue weighted by Crippen LogP contribution is 2.48. The van der Waals surface area contributed by atoms with Gasteiger partial charge in [0.15, 0.2) is 6.10 Å². The third-order valence-electron chi connectivity index (χ3n) is 5.97. The van der Waals surface area contributed by atoms with Crippen LogP contribution in [0.1, 0.15) is 32.4 Å². The molecule has 9 nitrogen and oxygen atoms in total. The van der Waals surface area contributed by atoms with Crippen LogP contribution >= 0.6 is 0 Å². The van der Waals surface area contributed by atoms with Gasteiger partial charge in [0.2, 0.25) is 15.7 Å². The van der Waals surface area contributed by atoms with E-state index in [2.05, 4.69) is 5.10 Å². The summed E-state index contributed by atoms with van der Waals surface area (Å²) in [5.74, 6) is 0.243.